The van der Waals surface area contributed by atoms with Crippen LogP contribution in [0.4, 0.5) is 10.1 Å². The van der Waals surface area contributed by atoms with Crippen molar-refractivity contribution in [2.24, 2.45) is 0 Å². The van der Waals surface area contributed by atoms with E-state index in [2.05, 4.69) is 15.6 Å². The highest BCUT2D eigenvalue weighted by Gasteiger charge is 2.35. The molecule has 10 heteroatoms. The van der Waals surface area contributed by atoms with E-state index in [1.165, 1.54) is 53.1 Å². The van der Waals surface area contributed by atoms with Crippen molar-refractivity contribution >= 4 is 34.5 Å². The lowest BCUT2D eigenvalue weighted by Crippen LogP contribution is -2.51. The highest BCUT2D eigenvalue weighted by Crippen LogP contribution is 2.30. The molecule has 0 radical (unpaired) electrons. The fourth-order valence-corrected chi connectivity index (χ4v) is 4.10. The molecular weight excluding hydrogens is 501 g/mol. The molecule has 4 aromatic rings. The van der Waals surface area contributed by atoms with Crippen LogP contribution in [0.5, 0.6) is 0 Å². The summed E-state index contributed by atoms with van der Waals surface area (Å²) in [6.07, 6.45) is 0.640. The maximum Gasteiger partial charge on any atom is 0.337 e. The Morgan fingerprint density at radius 3 is 2.33 bits per heavy atom. The number of aromatic nitrogens is 3. The SMILES string of the molecule is CCC(C)(C)NC(=O)[C@H](c1ccc(F)cc1)N(C(=O)Cn1nnc2ccccc21)c1ccc(C(=O)OC)cc1. The molecule has 2 amide bonds. The normalized spacial score (nSPS) is 12.1. The molecule has 9 nitrogen and oxygen atoms in total. The second kappa shape index (κ2) is 11.4. The molecule has 1 atom stereocenters. The number of carbonyl (C=O) groups is 3. The first-order valence-corrected chi connectivity index (χ1v) is 12.5. The van der Waals surface area contributed by atoms with Gasteiger partial charge in [0.1, 0.15) is 23.9 Å². The van der Waals surface area contributed by atoms with Crippen molar-refractivity contribution in [1.29, 1.82) is 0 Å². The third-order valence-electron chi connectivity index (χ3n) is 6.58. The van der Waals surface area contributed by atoms with Crippen LogP contribution < -0.4 is 10.2 Å². The molecule has 4 rings (SSSR count). The minimum atomic E-state index is -1.15. The molecule has 3 aromatic carbocycles. The Balaban J connectivity index is 1.83. The van der Waals surface area contributed by atoms with Gasteiger partial charge in [-0.1, -0.05) is 36.4 Å². The Morgan fingerprint density at radius 1 is 1.03 bits per heavy atom. The van der Waals surface area contributed by atoms with Gasteiger partial charge in [-0.3, -0.25) is 14.5 Å². The van der Waals surface area contributed by atoms with Crippen LogP contribution >= 0.6 is 0 Å². The molecule has 0 bridgehead atoms. The van der Waals surface area contributed by atoms with Crippen LogP contribution in [-0.4, -0.2) is 45.4 Å². The average Bonchev–Trinajstić information content (AvgIpc) is 3.34. The molecule has 1 heterocycles. The number of methoxy groups -OCH3 is 1. The second-order valence-electron chi connectivity index (χ2n) is 9.72. The van der Waals surface area contributed by atoms with Crippen LogP contribution in [0.1, 0.15) is 49.2 Å². The molecule has 0 aliphatic carbocycles. The molecule has 0 saturated heterocycles. The van der Waals surface area contributed by atoms with Gasteiger partial charge in [-0.2, -0.15) is 0 Å². The lowest BCUT2D eigenvalue weighted by atomic mass is 9.98. The number of ether oxygens (including phenoxy) is 1. The number of esters is 1. The summed E-state index contributed by atoms with van der Waals surface area (Å²) in [5, 5.41) is 11.3. The molecule has 202 valence electrons. The van der Waals surface area contributed by atoms with E-state index in [0.717, 1.165) is 0 Å². The van der Waals surface area contributed by atoms with Crippen LogP contribution in [0.3, 0.4) is 0 Å². The molecular formula is C29H30FN5O4. The lowest BCUT2D eigenvalue weighted by Gasteiger charge is -2.34. The van der Waals surface area contributed by atoms with Crippen molar-refractivity contribution < 1.29 is 23.5 Å². The number of nitrogens with zero attached hydrogens (tertiary/aromatic N) is 4. The van der Waals surface area contributed by atoms with Gasteiger partial charge in [0.05, 0.1) is 18.2 Å². The predicted molar refractivity (Wildman–Crippen MR) is 144 cm³/mol. The molecule has 1 aromatic heterocycles. The lowest BCUT2D eigenvalue weighted by molar-refractivity contribution is -0.128. The zero-order valence-corrected chi connectivity index (χ0v) is 22.2. The fourth-order valence-electron chi connectivity index (χ4n) is 4.10. The third kappa shape index (κ3) is 6.11. The number of amides is 2. The summed E-state index contributed by atoms with van der Waals surface area (Å²) in [5.74, 6) is -1.91. The first-order valence-electron chi connectivity index (χ1n) is 12.5. The molecule has 0 aliphatic heterocycles. The van der Waals surface area contributed by atoms with E-state index in [9.17, 15) is 18.8 Å². The summed E-state index contributed by atoms with van der Waals surface area (Å²) in [4.78, 5) is 41.3. The maximum absolute atomic E-state index is 14.0. The number of halogens is 1. The van der Waals surface area contributed by atoms with E-state index >= 15 is 0 Å². The monoisotopic (exact) mass is 531 g/mol. The number of hydrogen-bond donors (Lipinski definition) is 1. The molecule has 0 aliphatic rings. The Bertz CT molecular complexity index is 1480. The van der Waals surface area contributed by atoms with Gasteiger partial charge in [0, 0.05) is 11.2 Å². The Kier molecular flexibility index (Phi) is 8.04. The Labute approximate surface area is 225 Å². The van der Waals surface area contributed by atoms with Crippen molar-refractivity contribution in [3.8, 4) is 0 Å². The minimum absolute atomic E-state index is 0.221. The molecule has 0 spiro atoms. The van der Waals surface area contributed by atoms with E-state index in [1.807, 2.05) is 32.9 Å². The van der Waals surface area contributed by atoms with Crippen molar-refractivity contribution in [3.63, 3.8) is 0 Å². The number of benzene rings is 3. The fraction of sp³-hybridized carbons (Fsp3) is 0.276. The van der Waals surface area contributed by atoms with Gasteiger partial charge >= 0.3 is 5.97 Å². The quantitative estimate of drug-likeness (QED) is 0.320. The van der Waals surface area contributed by atoms with Crippen LogP contribution in [-0.2, 0) is 20.9 Å². The van der Waals surface area contributed by atoms with Crippen molar-refractivity contribution in [3.05, 3.63) is 89.7 Å². The summed E-state index contributed by atoms with van der Waals surface area (Å²) >= 11 is 0. The topological polar surface area (TPSA) is 106 Å². The largest absolute Gasteiger partial charge is 0.465 e. The number of anilines is 1. The van der Waals surface area contributed by atoms with Crippen molar-refractivity contribution in [2.75, 3.05) is 12.0 Å². The van der Waals surface area contributed by atoms with Gasteiger partial charge in [0.25, 0.3) is 0 Å². The Hall–Kier alpha value is -4.60. The summed E-state index contributed by atoms with van der Waals surface area (Å²) in [7, 11) is 1.28. The van der Waals surface area contributed by atoms with E-state index in [1.54, 1.807) is 24.3 Å². The first kappa shape index (κ1) is 27.4. The van der Waals surface area contributed by atoms with Crippen LogP contribution in [0.2, 0.25) is 0 Å². The van der Waals surface area contributed by atoms with Crippen LogP contribution in [0, 0.1) is 5.82 Å². The van der Waals surface area contributed by atoms with E-state index in [-0.39, 0.29) is 12.1 Å². The third-order valence-corrected chi connectivity index (χ3v) is 6.58. The van der Waals surface area contributed by atoms with Gasteiger partial charge in [-0.25, -0.2) is 13.9 Å². The van der Waals surface area contributed by atoms with Crippen molar-refractivity contribution in [2.45, 2.75) is 45.3 Å². The van der Waals surface area contributed by atoms with E-state index in [0.29, 0.717) is 28.7 Å². The first-order chi connectivity index (χ1) is 18.6. The average molecular weight is 532 g/mol. The van der Waals surface area contributed by atoms with Gasteiger partial charge in [0.15, 0.2) is 0 Å². The number of rotatable bonds is 9. The van der Waals surface area contributed by atoms with Crippen LogP contribution in [0.15, 0.2) is 72.8 Å². The summed E-state index contributed by atoms with van der Waals surface area (Å²) in [6.45, 7) is 5.48. The van der Waals surface area contributed by atoms with Crippen molar-refractivity contribution in [1.82, 2.24) is 20.3 Å². The molecule has 0 fully saturated rings. The van der Waals surface area contributed by atoms with Gasteiger partial charge in [-0.05, 0) is 74.4 Å². The second-order valence-corrected chi connectivity index (χ2v) is 9.72. The Morgan fingerprint density at radius 2 is 1.69 bits per heavy atom. The summed E-state index contributed by atoms with van der Waals surface area (Å²) in [6, 6.07) is 17.7. The number of hydrogen-bond acceptors (Lipinski definition) is 6. The minimum Gasteiger partial charge on any atom is -0.465 e. The van der Waals surface area contributed by atoms with Crippen LogP contribution in [0.25, 0.3) is 11.0 Å². The maximum atomic E-state index is 14.0. The number of fused-ring (bicyclic) bond motifs is 1. The summed E-state index contributed by atoms with van der Waals surface area (Å²) < 4.78 is 20.1. The summed E-state index contributed by atoms with van der Waals surface area (Å²) in [5.41, 5.74) is 1.76. The molecule has 0 unspecified atom stereocenters. The van der Waals surface area contributed by atoms with E-state index < -0.39 is 35.2 Å². The zero-order chi connectivity index (χ0) is 28.2. The molecule has 1 N–H and O–H groups in total. The number of nitrogens with one attached hydrogen (secondary N) is 1. The molecule has 39 heavy (non-hydrogen) atoms. The smallest absolute Gasteiger partial charge is 0.337 e. The number of carbonyl (C=O) groups excluding carboxylic acids is 3. The van der Waals surface area contributed by atoms with E-state index in [4.69, 9.17) is 4.74 Å². The zero-order valence-electron chi connectivity index (χ0n) is 22.2. The standard InChI is InChI=1S/C29H30FN5O4/c1-5-29(2,3)31-27(37)26(19-10-14-21(30)15-11-19)35(22-16-12-20(13-17-22)28(38)39-4)25(36)18-34-24-9-7-6-8-23(24)32-33-34/h6-17,26H,5,18H2,1-4H3,(H,31,37)/t26-/m0/s1. The highest BCUT2D eigenvalue weighted by atomic mass is 19.1. The van der Waals surface area contributed by atoms with Gasteiger partial charge in [0.2, 0.25) is 11.8 Å². The highest BCUT2D eigenvalue weighted by molar-refractivity contribution is 6.02. The van der Waals surface area contributed by atoms with Gasteiger partial charge < -0.3 is 10.1 Å². The van der Waals surface area contributed by atoms with Gasteiger partial charge in [-0.15, -0.1) is 5.10 Å². The number of para-hydroxylation sites is 1. The molecule has 0 saturated carbocycles. The predicted octanol–water partition coefficient (Wildman–Crippen LogP) is 4.44.